The second-order valence-electron chi connectivity index (χ2n) is 6.57. The number of amides is 1. The molecule has 30 heavy (non-hydrogen) atoms. The van der Waals surface area contributed by atoms with Crippen molar-refractivity contribution in [3.05, 3.63) is 65.7 Å². The lowest BCUT2D eigenvalue weighted by Gasteiger charge is -2.18. The van der Waals surface area contributed by atoms with Crippen LogP contribution in [0.4, 0.5) is 4.79 Å². The summed E-state index contributed by atoms with van der Waals surface area (Å²) in [6, 6.07) is 14.5. The first kappa shape index (κ1) is 23.4. The summed E-state index contributed by atoms with van der Waals surface area (Å²) < 4.78 is 39.6. The predicted octanol–water partition coefficient (Wildman–Crippen LogP) is 2.95. The lowest BCUT2D eigenvalue weighted by atomic mass is 10.2. The van der Waals surface area contributed by atoms with Gasteiger partial charge in [-0.3, -0.25) is 8.98 Å². The first-order chi connectivity index (χ1) is 14.3. The van der Waals surface area contributed by atoms with Gasteiger partial charge in [-0.25, -0.2) is 4.79 Å². The van der Waals surface area contributed by atoms with Crippen molar-refractivity contribution in [1.29, 1.82) is 0 Å². The number of carbonyl (C=O) groups is 2. The second kappa shape index (κ2) is 11.3. The molecule has 0 aliphatic rings. The number of esters is 1. The third-order valence-electron chi connectivity index (χ3n) is 4.19. The minimum absolute atomic E-state index is 0.00599. The van der Waals surface area contributed by atoms with E-state index in [0.29, 0.717) is 0 Å². The lowest BCUT2D eigenvalue weighted by Crippen LogP contribution is -2.39. The molecule has 0 fully saturated rings. The van der Waals surface area contributed by atoms with Gasteiger partial charge in [0.15, 0.2) is 0 Å². The van der Waals surface area contributed by atoms with Crippen LogP contribution in [-0.2, 0) is 35.2 Å². The normalized spacial score (nSPS) is 12.1. The van der Waals surface area contributed by atoms with Gasteiger partial charge in [-0.1, -0.05) is 48.0 Å². The van der Waals surface area contributed by atoms with Crippen molar-refractivity contribution in [3.63, 3.8) is 0 Å². The van der Waals surface area contributed by atoms with E-state index < -0.39 is 28.2 Å². The van der Waals surface area contributed by atoms with E-state index in [0.717, 1.165) is 11.1 Å². The van der Waals surface area contributed by atoms with Crippen molar-refractivity contribution in [2.45, 2.75) is 37.3 Å². The van der Waals surface area contributed by atoms with Gasteiger partial charge in [0.1, 0.15) is 6.61 Å². The van der Waals surface area contributed by atoms with Gasteiger partial charge in [0.05, 0.1) is 24.7 Å². The van der Waals surface area contributed by atoms with Crippen molar-refractivity contribution in [2.75, 3.05) is 13.7 Å². The van der Waals surface area contributed by atoms with E-state index in [-0.39, 0.29) is 31.0 Å². The van der Waals surface area contributed by atoms with Crippen LogP contribution < -0.4 is 5.32 Å². The number of benzene rings is 2. The van der Waals surface area contributed by atoms with E-state index in [4.69, 9.17) is 8.92 Å². The fraction of sp³-hybridized carbons (Fsp3) is 0.333. The van der Waals surface area contributed by atoms with Crippen LogP contribution in [0.3, 0.4) is 0 Å². The van der Waals surface area contributed by atoms with Crippen LogP contribution in [0.5, 0.6) is 0 Å². The topological polar surface area (TPSA) is 108 Å². The molecule has 0 aromatic heterocycles. The van der Waals surface area contributed by atoms with Crippen molar-refractivity contribution in [3.8, 4) is 0 Å². The summed E-state index contributed by atoms with van der Waals surface area (Å²) in [5, 5.41) is 2.54. The highest BCUT2D eigenvalue weighted by molar-refractivity contribution is 7.86. The van der Waals surface area contributed by atoms with Crippen molar-refractivity contribution >= 4 is 22.2 Å². The average molecular weight is 435 g/mol. The molecule has 1 N–H and O–H groups in total. The SMILES string of the molecule is COC(=O)CCC(COS(=O)(=O)c1ccc(C)cc1)NC(=O)OCc1ccccc1. The molecule has 2 rings (SSSR count). The summed E-state index contributed by atoms with van der Waals surface area (Å²) in [7, 11) is -2.77. The molecule has 0 aliphatic carbocycles. The molecular formula is C21H25NO7S. The van der Waals surface area contributed by atoms with E-state index in [1.54, 1.807) is 24.3 Å². The number of rotatable bonds is 10. The number of hydrogen-bond acceptors (Lipinski definition) is 7. The van der Waals surface area contributed by atoms with E-state index >= 15 is 0 Å². The third kappa shape index (κ3) is 7.84. The Kier molecular flexibility index (Phi) is 8.82. The summed E-state index contributed by atoms with van der Waals surface area (Å²) in [6.45, 7) is 1.54. The molecular weight excluding hydrogens is 410 g/mol. The van der Waals surface area contributed by atoms with Crippen LogP contribution in [-0.4, -0.2) is 40.2 Å². The number of alkyl carbamates (subject to hydrolysis) is 1. The van der Waals surface area contributed by atoms with E-state index in [1.165, 1.54) is 19.2 Å². The Bertz CT molecular complexity index is 928. The first-order valence-corrected chi connectivity index (χ1v) is 10.7. The van der Waals surface area contributed by atoms with Crippen LogP contribution in [0.1, 0.15) is 24.0 Å². The Labute approximate surface area is 176 Å². The third-order valence-corrected chi connectivity index (χ3v) is 5.49. The Morgan fingerprint density at radius 2 is 1.70 bits per heavy atom. The number of carbonyl (C=O) groups excluding carboxylic acids is 2. The maximum absolute atomic E-state index is 12.4. The molecule has 0 heterocycles. The zero-order valence-corrected chi connectivity index (χ0v) is 17.7. The number of methoxy groups -OCH3 is 1. The molecule has 2 aromatic rings. The Hall–Kier alpha value is -2.91. The molecule has 2 aromatic carbocycles. The van der Waals surface area contributed by atoms with Gasteiger partial charge in [-0.15, -0.1) is 0 Å². The lowest BCUT2D eigenvalue weighted by molar-refractivity contribution is -0.140. The largest absolute Gasteiger partial charge is 0.469 e. The summed E-state index contributed by atoms with van der Waals surface area (Å²) >= 11 is 0. The molecule has 0 saturated heterocycles. The van der Waals surface area contributed by atoms with E-state index in [2.05, 4.69) is 10.1 Å². The molecule has 1 unspecified atom stereocenters. The molecule has 1 amide bonds. The smallest absolute Gasteiger partial charge is 0.407 e. The maximum atomic E-state index is 12.4. The van der Waals surface area contributed by atoms with Gasteiger partial charge in [0, 0.05) is 6.42 Å². The van der Waals surface area contributed by atoms with E-state index in [9.17, 15) is 18.0 Å². The van der Waals surface area contributed by atoms with Crippen molar-refractivity contribution in [1.82, 2.24) is 5.32 Å². The van der Waals surface area contributed by atoms with Crippen LogP contribution >= 0.6 is 0 Å². The standard InChI is InChI=1S/C21H25NO7S/c1-16-8-11-19(12-9-16)30(25,26)29-15-18(10-13-20(23)27-2)22-21(24)28-14-17-6-4-3-5-7-17/h3-9,11-12,18H,10,13-15H2,1-2H3,(H,22,24). The monoisotopic (exact) mass is 435 g/mol. The fourth-order valence-corrected chi connectivity index (χ4v) is 3.42. The number of nitrogens with one attached hydrogen (secondary N) is 1. The fourth-order valence-electron chi connectivity index (χ4n) is 2.47. The van der Waals surface area contributed by atoms with Crippen molar-refractivity contribution in [2.24, 2.45) is 0 Å². The van der Waals surface area contributed by atoms with Crippen LogP contribution in [0.2, 0.25) is 0 Å². The van der Waals surface area contributed by atoms with Gasteiger partial charge >= 0.3 is 12.1 Å². The van der Waals surface area contributed by atoms with Gasteiger partial charge in [-0.2, -0.15) is 8.42 Å². The summed E-state index contributed by atoms with van der Waals surface area (Å²) in [6.07, 6.45) is -0.644. The Morgan fingerprint density at radius 1 is 1.03 bits per heavy atom. The highest BCUT2D eigenvalue weighted by atomic mass is 32.2. The zero-order valence-electron chi connectivity index (χ0n) is 16.9. The maximum Gasteiger partial charge on any atom is 0.407 e. The molecule has 8 nitrogen and oxygen atoms in total. The highest BCUT2D eigenvalue weighted by Crippen LogP contribution is 2.14. The van der Waals surface area contributed by atoms with Crippen LogP contribution in [0.15, 0.2) is 59.5 Å². The summed E-state index contributed by atoms with van der Waals surface area (Å²) in [4.78, 5) is 23.6. The molecule has 9 heteroatoms. The minimum atomic E-state index is -4.02. The van der Waals surface area contributed by atoms with Gasteiger partial charge < -0.3 is 14.8 Å². The number of hydrogen-bond donors (Lipinski definition) is 1. The van der Waals surface area contributed by atoms with Crippen molar-refractivity contribution < 1.29 is 31.7 Å². The Balaban J connectivity index is 1.96. The van der Waals surface area contributed by atoms with Crippen LogP contribution in [0, 0.1) is 6.92 Å². The molecule has 0 saturated carbocycles. The summed E-state index contributed by atoms with van der Waals surface area (Å²) in [5.74, 6) is -0.485. The highest BCUT2D eigenvalue weighted by Gasteiger charge is 2.21. The molecule has 0 aliphatic heterocycles. The first-order valence-electron chi connectivity index (χ1n) is 9.30. The minimum Gasteiger partial charge on any atom is -0.469 e. The number of aryl methyl sites for hydroxylation is 1. The molecule has 0 radical (unpaired) electrons. The van der Waals surface area contributed by atoms with Gasteiger partial charge in [-0.05, 0) is 31.0 Å². The van der Waals surface area contributed by atoms with Gasteiger partial charge in [0.25, 0.3) is 10.1 Å². The molecule has 162 valence electrons. The molecule has 0 spiro atoms. The summed E-state index contributed by atoms with van der Waals surface area (Å²) in [5.41, 5.74) is 1.71. The molecule has 0 bridgehead atoms. The zero-order chi connectivity index (χ0) is 22.0. The quantitative estimate of drug-likeness (QED) is 0.451. The predicted molar refractivity (Wildman–Crippen MR) is 109 cm³/mol. The molecule has 1 atom stereocenters. The average Bonchev–Trinajstić information content (AvgIpc) is 2.75. The van der Waals surface area contributed by atoms with Crippen LogP contribution in [0.25, 0.3) is 0 Å². The Morgan fingerprint density at radius 3 is 2.33 bits per heavy atom. The van der Waals surface area contributed by atoms with E-state index in [1.807, 2.05) is 25.1 Å². The number of ether oxygens (including phenoxy) is 2. The van der Waals surface area contributed by atoms with Gasteiger partial charge in [0.2, 0.25) is 0 Å². The second-order valence-corrected chi connectivity index (χ2v) is 8.18.